The highest BCUT2D eigenvalue weighted by Crippen LogP contribution is 2.21. The van der Waals surface area contributed by atoms with Crippen LogP contribution in [-0.4, -0.2) is 32.0 Å². The lowest BCUT2D eigenvalue weighted by atomic mass is 9.95. The number of carbonyl (C=O) groups excluding carboxylic acids is 1. The van der Waals surface area contributed by atoms with E-state index in [1.807, 2.05) is 24.6 Å². The molecule has 3 rings (SSSR count). The van der Waals surface area contributed by atoms with E-state index in [4.69, 9.17) is 4.98 Å². The van der Waals surface area contributed by atoms with Gasteiger partial charge in [-0.3, -0.25) is 4.79 Å². The molecule has 25 heavy (non-hydrogen) atoms. The number of imidazole rings is 1. The van der Waals surface area contributed by atoms with Crippen molar-refractivity contribution < 1.29 is 4.79 Å². The number of hydrogen-bond donors (Lipinski definition) is 1. The quantitative estimate of drug-likeness (QED) is 0.876. The number of rotatable bonds is 6. The molecule has 0 spiro atoms. The first-order valence-corrected chi connectivity index (χ1v) is 9.16. The molecule has 6 nitrogen and oxygen atoms in total. The van der Waals surface area contributed by atoms with Crippen LogP contribution in [-0.2, 0) is 24.1 Å². The molecule has 2 aromatic heterocycles. The maximum absolute atomic E-state index is 12.2. The number of aryl methyl sites for hydroxylation is 3. The number of amides is 1. The van der Waals surface area contributed by atoms with Gasteiger partial charge in [0.1, 0.15) is 11.6 Å². The van der Waals surface area contributed by atoms with Crippen LogP contribution in [0.2, 0.25) is 0 Å². The fraction of sp³-hybridized carbons (Fsp3) is 0.579. The van der Waals surface area contributed by atoms with Crippen molar-refractivity contribution in [2.75, 3.05) is 6.54 Å². The number of hydrogen-bond acceptors (Lipinski definition) is 4. The predicted molar refractivity (Wildman–Crippen MR) is 96.4 cm³/mol. The van der Waals surface area contributed by atoms with Gasteiger partial charge < -0.3 is 9.88 Å². The molecular formula is C19H27N5O. The molecule has 1 amide bonds. The highest BCUT2D eigenvalue weighted by molar-refractivity contribution is 5.76. The highest BCUT2D eigenvalue weighted by Gasteiger charge is 2.16. The second-order valence-corrected chi connectivity index (χ2v) is 6.89. The maximum atomic E-state index is 12.2. The number of nitrogens with one attached hydrogen (secondary N) is 1. The van der Waals surface area contributed by atoms with Crippen molar-refractivity contribution in [2.45, 2.75) is 65.3 Å². The average molecular weight is 341 g/mol. The van der Waals surface area contributed by atoms with Gasteiger partial charge in [0.15, 0.2) is 0 Å². The lowest BCUT2D eigenvalue weighted by Gasteiger charge is -2.18. The van der Waals surface area contributed by atoms with Crippen LogP contribution >= 0.6 is 0 Å². The molecule has 6 heteroatoms. The van der Waals surface area contributed by atoms with Gasteiger partial charge in [0.25, 0.3) is 0 Å². The molecule has 2 heterocycles. The summed E-state index contributed by atoms with van der Waals surface area (Å²) in [4.78, 5) is 25.7. The van der Waals surface area contributed by atoms with E-state index in [0.29, 0.717) is 19.4 Å². The van der Waals surface area contributed by atoms with Gasteiger partial charge in [0, 0.05) is 49.2 Å². The Morgan fingerprint density at radius 1 is 1.28 bits per heavy atom. The topological polar surface area (TPSA) is 72.7 Å². The Labute approximate surface area is 149 Å². The van der Waals surface area contributed by atoms with Crippen LogP contribution in [0.4, 0.5) is 0 Å². The second kappa shape index (κ2) is 7.76. The van der Waals surface area contributed by atoms with Gasteiger partial charge in [-0.1, -0.05) is 0 Å². The third kappa shape index (κ3) is 4.24. The number of nitrogens with zero attached hydrogens (tertiary/aromatic N) is 4. The smallest absolute Gasteiger partial charge is 0.222 e. The highest BCUT2D eigenvalue weighted by atomic mass is 16.1. The van der Waals surface area contributed by atoms with Crippen molar-refractivity contribution in [3.63, 3.8) is 0 Å². The van der Waals surface area contributed by atoms with Gasteiger partial charge in [-0.15, -0.1) is 0 Å². The monoisotopic (exact) mass is 341 g/mol. The molecule has 0 aliphatic heterocycles. The first-order valence-electron chi connectivity index (χ1n) is 9.16. The van der Waals surface area contributed by atoms with Gasteiger partial charge in [-0.25, -0.2) is 15.0 Å². The van der Waals surface area contributed by atoms with Crippen LogP contribution in [0.15, 0.2) is 12.4 Å². The molecule has 1 aliphatic rings. The van der Waals surface area contributed by atoms with Crippen LogP contribution in [0.5, 0.6) is 0 Å². The molecular weight excluding hydrogens is 314 g/mol. The van der Waals surface area contributed by atoms with E-state index in [1.165, 1.54) is 24.1 Å². The first kappa shape index (κ1) is 17.6. The number of aromatic nitrogens is 4. The maximum Gasteiger partial charge on any atom is 0.222 e. The van der Waals surface area contributed by atoms with E-state index in [9.17, 15) is 4.79 Å². The molecule has 0 saturated heterocycles. The molecule has 1 unspecified atom stereocenters. The Kier molecular flexibility index (Phi) is 5.46. The third-order valence-corrected chi connectivity index (χ3v) is 4.92. The fourth-order valence-electron chi connectivity index (χ4n) is 3.56. The van der Waals surface area contributed by atoms with Crippen molar-refractivity contribution in [2.24, 2.45) is 0 Å². The average Bonchev–Trinajstić information content (AvgIpc) is 3.01. The summed E-state index contributed by atoms with van der Waals surface area (Å²) in [6.07, 6.45) is 9.41. The number of carbonyl (C=O) groups is 1. The normalized spacial score (nSPS) is 14.8. The Balaban J connectivity index is 1.50. The summed E-state index contributed by atoms with van der Waals surface area (Å²) in [5.41, 5.74) is 3.66. The molecule has 0 radical (unpaired) electrons. The van der Waals surface area contributed by atoms with E-state index >= 15 is 0 Å². The van der Waals surface area contributed by atoms with Crippen LogP contribution in [0.1, 0.15) is 60.8 Å². The largest absolute Gasteiger partial charge is 0.356 e. The van der Waals surface area contributed by atoms with E-state index in [-0.39, 0.29) is 11.9 Å². The molecule has 0 fully saturated rings. The standard InChI is InChI=1S/C19H27N5O/c1-13(24-11-10-20-15(24)3)12-19(25)21-9-8-18-22-14(2)16-6-4-5-7-17(16)23-18/h10-11,13H,4-9,12H2,1-3H3,(H,21,25). The van der Waals surface area contributed by atoms with Crippen molar-refractivity contribution in [3.8, 4) is 0 Å². The molecule has 0 saturated carbocycles. The predicted octanol–water partition coefficient (Wildman–Crippen LogP) is 2.48. The van der Waals surface area contributed by atoms with E-state index < -0.39 is 0 Å². The van der Waals surface area contributed by atoms with Crippen molar-refractivity contribution in [1.29, 1.82) is 0 Å². The fourth-order valence-corrected chi connectivity index (χ4v) is 3.56. The molecule has 0 bridgehead atoms. The van der Waals surface area contributed by atoms with Crippen LogP contribution in [0.25, 0.3) is 0 Å². The van der Waals surface area contributed by atoms with Gasteiger partial charge in [0.2, 0.25) is 5.91 Å². The molecule has 1 aliphatic carbocycles. The zero-order chi connectivity index (χ0) is 17.8. The van der Waals surface area contributed by atoms with Crippen LogP contribution in [0.3, 0.4) is 0 Å². The van der Waals surface area contributed by atoms with E-state index in [2.05, 4.69) is 22.2 Å². The summed E-state index contributed by atoms with van der Waals surface area (Å²) in [5.74, 6) is 1.82. The summed E-state index contributed by atoms with van der Waals surface area (Å²) in [6.45, 7) is 6.63. The second-order valence-electron chi connectivity index (χ2n) is 6.89. The van der Waals surface area contributed by atoms with Crippen molar-refractivity contribution in [3.05, 3.63) is 41.0 Å². The van der Waals surface area contributed by atoms with Gasteiger partial charge in [-0.05, 0) is 52.0 Å². The Morgan fingerprint density at radius 2 is 2.08 bits per heavy atom. The summed E-state index contributed by atoms with van der Waals surface area (Å²) in [7, 11) is 0. The summed E-state index contributed by atoms with van der Waals surface area (Å²) < 4.78 is 2.02. The lowest BCUT2D eigenvalue weighted by molar-refractivity contribution is -0.121. The summed E-state index contributed by atoms with van der Waals surface area (Å²) in [5, 5.41) is 2.99. The van der Waals surface area contributed by atoms with E-state index in [0.717, 1.165) is 30.2 Å². The molecule has 1 atom stereocenters. The molecule has 2 aromatic rings. The van der Waals surface area contributed by atoms with Crippen LogP contribution in [0, 0.1) is 13.8 Å². The minimum Gasteiger partial charge on any atom is -0.356 e. The van der Waals surface area contributed by atoms with E-state index in [1.54, 1.807) is 6.20 Å². The minimum absolute atomic E-state index is 0.0512. The van der Waals surface area contributed by atoms with Crippen LogP contribution < -0.4 is 5.32 Å². The minimum atomic E-state index is 0.0512. The summed E-state index contributed by atoms with van der Waals surface area (Å²) in [6, 6.07) is 0.102. The molecule has 134 valence electrons. The number of fused-ring (bicyclic) bond motifs is 1. The molecule has 0 aromatic carbocycles. The van der Waals surface area contributed by atoms with Gasteiger partial charge >= 0.3 is 0 Å². The van der Waals surface area contributed by atoms with Crippen molar-refractivity contribution >= 4 is 5.91 Å². The Bertz CT molecular complexity index is 752. The van der Waals surface area contributed by atoms with Gasteiger partial charge in [-0.2, -0.15) is 0 Å². The Hall–Kier alpha value is -2.24. The SMILES string of the molecule is Cc1nc(CCNC(=O)CC(C)n2ccnc2C)nc2c1CCCC2. The van der Waals surface area contributed by atoms with Gasteiger partial charge in [0.05, 0.1) is 0 Å². The Morgan fingerprint density at radius 3 is 2.84 bits per heavy atom. The zero-order valence-corrected chi connectivity index (χ0v) is 15.4. The van der Waals surface area contributed by atoms with Crippen molar-refractivity contribution in [1.82, 2.24) is 24.8 Å². The molecule has 1 N–H and O–H groups in total. The lowest BCUT2D eigenvalue weighted by Crippen LogP contribution is -2.28. The third-order valence-electron chi connectivity index (χ3n) is 4.92. The first-order chi connectivity index (χ1) is 12.0. The zero-order valence-electron chi connectivity index (χ0n) is 15.4. The summed E-state index contributed by atoms with van der Waals surface area (Å²) >= 11 is 0.